The van der Waals surface area contributed by atoms with Gasteiger partial charge < -0.3 is 5.11 Å². The zero-order valence-electron chi connectivity index (χ0n) is 12.1. The Labute approximate surface area is 107 Å². The number of hydrogen-bond donors (Lipinski definition) is 1. The van der Waals surface area contributed by atoms with Gasteiger partial charge >= 0.3 is 0 Å². The van der Waals surface area contributed by atoms with E-state index < -0.39 is 5.60 Å². The van der Waals surface area contributed by atoms with Crippen molar-refractivity contribution in [3.05, 3.63) is 22.8 Å². The van der Waals surface area contributed by atoms with Crippen LogP contribution in [0, 0.1) is 5.92 Å². The molecule has 1 heteroatoms. The van der Waals surface area contributed by atoms with Crippen LogP contribution in [0.2, 0.25) is 0 Å². The molecule has 98 valence electrons. The molecule has 0 heterocycles. The molecule has 1 rings (SSSR count). The van der Waals surface area contributed by atoms with Crippen LogP contribution in [-0.2, 0) is 0 Å². The van der Waals surface area contributed by atoms with E-state index in [0.29, 0.717) is 5.92 Å². The van der Waals surface area contributed by atoms with E-state index in [1.54, 1.807) is 0 Å². The van der Waals surface area contributed by atoms with E-state index in [-0.39, 0.29) is 0 Å². The molecule has 1 nitrogen and oxygen atoms in total. The standard InChI is InChI=1S/C16H28O/c1-6-12-11-16(17,10-5)15(9-4)14(8-3)13(12)7-2/h11,15,17H,6-10H2,1-5H3. The predicted molar refractivity (Wildman–Crippen MR) is 75.0 cm³/mol. The molecule has 0 bridgehead atoms. The fraction of sp³-hybridized carbons (Fsp3) is 0.750. The number of rotatable bonds is 5. The molecule has 2 unspecified atom stereocenters. The zero-order valence-corrected chi connectivity index (χ0v) is 12.1. The molecule has 1 aliphatic rings. The summed E-state index contributed by atoms with van der Waals surface area (Å²) in [5, 5.41) is 10.8. The topological polar surface area (TPSA) is 20.2 Å². The van der Waals surface area contributed by atoms with Gasteiger partial charge in [0.15, 0.2) is 0 Å². The fourth-order valence-corrected chi connectivity index (χ4v) is 3.39. The smallest absolute Gasteiger partial charge is 0.0895 e. The number of allylic oxidation sites excluding steroid dienone is 2. The van der Waals surface area contributed by atoms with Crippen molar-refractivity contribution in [2.75, 3.05) is 0 Å². The molecule has 0 amide bonds. The molecule has 0 fully saturated rings. The average Bonchev–Trinajstić information content (AvgIpc) is 2.36. The van der Waals surface area contributed by atoms with Crippen molar-refractivity contribution in [1.29, 1.82) is 0 Å². The van der Waals surface area contributed by atoms with E-state index in [1.807, 2.05) is 0 Å². The molecule has 2 atom stereocenters. The summed E-state index contributed by atoms with van der Waals surface area (Å²) in [7, 11) is 0. The minimum Gasteiger partial charge on any atom is -0.385 e. The Morgan fingerprint density at radius 3 is 2.06 bits per heavy atom. The van der Waals surface area contributed by atoms with E-state index in [4.69, 9.17) is 0 Å². The van der Waals surface area contributed by atoms with Crippen molar-refractivity contribution in [3.63, 3.8) is 0 Å². The SMILES string of the molecule is CCC1=CC(O)(CC)C(CC)C(CC)=C1CC. The third kappa shape index (κ3) is 2.49. The molecular formula is C16H28O. The first-order chi connectivity index (χ1) is 8.07. The van der Waals surface area contributed by atoms with Crippen LogP contribution >= 0.6 is 0 Å². The van der Waals surface area contributed by atoms with Crippen LogP contribution in [-0.4, -0.2) is 10.7 Å². The maximum Gasteiger partial charge on any atom is 0.0895 e. The quantitative estimate of drug-likeness (QED) is 0.738. The lowest BCUT2D eigenvalue weighted by Gasteiger charge is -2.40. The van der Waals surface area contributed by atoms with Gasteiger partial charge in [0.05, 0.1) is 5.60 Å². The maximum absolute atomic E-state index is 10.8. The monoisotopic (exact) mass is 236 g/mol. The predicted octanol–water partition coefficient (Wildman–Crippen LogP) is 4.62. The second kappa shape index (κ2) is 5.86. The lowest BCUT2D eigenvalue weighted by atomic mass is 9.69. The van der Waals surface area contributed by atoms with Crippen molar-refractivity contribution >= 4 is 0 Å². The minimum absolute atomic E-state index is 0.322. The third-order valence-electron chi connectivity index (χ3n) is 4.31. The van der Waals surface area contributed by atoms with Crippen molar-refractivity contribution < 1.29 is 5.11 Å². The number of hydrogen-bond acceptors (Lipinski definition) is 1. The molecule has 1 N–H and O–H groups in total. The highest BCUT2D eigenvalue weighted by Crippen LogP contribution is 2.43. The molecule has 0 aromatic rings. The molecule has 0 saturated carbocycles. The van der Waals surface area contributed by atoms with Crippen molar-refractivity contribution in [2.24, 2.45) is 5.92 Å². The van der Waals surface area contributed by atoms with Crippen LogP contribution in [0.1, 0.15) is 66.7 Å². The van der Waals surface area contributed by atoms with Crippen molar-refractivity contribution in [3.8, 4) is 0 Å². The van der Waals surface area contributed by atoms with Gasteiger partial charge in [-0.15, -0.1) is 0 Å². The van der Waals surface area contributed by atoms with Gasteiger partial charge in [-0.25, -0.2) is 0 Å². The first-order valence-corrected chi connectivity index (χ1v) is 7.24. The Hall–Kier alpha value is -0.560. The van der Waals surface area contributed by atoms with Gasteiger partial charge in [-0.2, -0.15) is 0 Å². The Morgan fingerprint density at radius 2 is 1.71 bits per heavy atom. The van der Waals surface area contributed by atoms with Crippen LogP contribution in [0.5, 0.6) is 0 Å². The molecule has 0 aromatic carbocycles. The summed E-state index contributed by atoms with van der Waals surface area (Å²) in [6.07, 6.45) is 7.20. The van der Waals surface area contributed by atoms with E-state index in [9.17, 15) is 5.11 Å². The first-order valence-electron chi connectivity index (χ1n) is 7.24. The van der Waals surface area contributed by atoms with Gasteiger partial charge in [0.2, 0.25) is 0 Å². The van der Waals surface area contributed by atoms with E-state index in [1.165, 1.54) is 16.7 Å². The van der Waals surface area contributed by atoms with Crippen molar-refractivity contribution in [2.45, 2.75) is 72.3 Å². The third-order valence-corrected chi connectivity index (χ3v) is 4.31. The number of aliphatic hydroxyl groups is 1. The van der Waals surface area contributed by atoms with Crippen LogP contribution in [0.15, 0.2) is 22.8 Å². The van der Waals surface area contributed by atoms with Crippen LogP contribution in [0.3, 0.4) is 0 Å². The zero-order chi connectivity index (χ0) is 13.1. The molecule has 0 radical (unpaired) electrons. The minimum atomic E-state index is -0.607. The summed E-state index contributed by atoms with van der Waals surface area (Å²) in [6, 6.07) is 0. The highest BCUT2D eigenvalue weighted by molar-refractivity contribution is 5.43. The Morgan fingerprint density at radius 1 is 1.06 bits per heavy atom. The molecule has 0 aliphatic heterocycles. The van der Waals surface area contributed by atoms with Gasteiger partial charge in [-0.05, 0) is 49.3 Å². The Bertz CT molecular complexity index is 324. The summed E-state index contributed by atoms with van der Waals surface area (Å²) in [6.45, 7) is 10.9. The van der Waals surface area contributed by atoms with Gasteiger partial charge in [0, 0.05) is 5.92 Å². The average molecular weight is 236 g/mol. The Kier molecular flexibility index (Phi) is 5.00. The maximum atomic E-state index is 10.8. The van der Waals surface area contributed by atoms with Crippen LogP contribution in [0.4, 0.5) is 0 Å². The first kappa shape index (κ1) is 14.5. The largest absolute Gasteiger partial charge is 0.385 e. The van der Waals surface area contributed by atoms with E-state index in [2.05, 4.69) is 40.7 Å². The normalized spacial score (nSPS) is 29.5. The summed E-state index contributed by atoms with van der Waals surface area (Å²) in [5.41, 5.74) is 3.78. The second-order valence-corrected chi connectivity index (χ2v) is 5.04. The summed E-state index contributed by atoms with van der Waals surface area (Å²) in [5.74, 6) is 0.322. The molecule has 1 aliphatic carbocycles. The fourth-order valence-electron chi connectivity index (χ4n) is 3.39. The summed E-state index contributed by atoms with van der Waals surface area (Å²) in [4.78, 5) is 0. The molecule has 0 aromatic heterocycles. The summed E-state index contributed by atoms with van der Waals surface area (Å²) >= 11 is 0. The van der Waals surface area contributed by atoms with Gasteiger partial charge in [0.1, 0.15) is 0 Å². The van der Waals surface area contributed by atoms with Crippen LogP contribution in [0.25, 0.3) is 0 Å². The molecule has 0 spiro atoms. The van der Waals surface area contributed by atoms with Gasteiger partial charge in [-0.1, -0.05) is 40.2 Å². The van der Waals surface area contributed by atoms with E-state index >= 15 is 0 Å². The summed E-state index contributed by atoms with van der Waals surface area (Å²) < 4.78 is 0. The second-order valence-electron chi connectivity index (χ2n) is 5.04. The van der Waals surface area contributed by atoms with E-state index in [0.717, 1.165) is 32.1 Å². The lowest BCUT2D eigenvalue weighted by Crippen LogP contribution is -2.39. The molecular weight excluding hydrogens is 208 g/mol. The van der Waals surface area contributed by atoms with Crippen molar-refractivity contribution in [1.82, 2.24) is 0 Å². The molecule has 17 heavy (non-hydrogen) atoms. The molecule has 0 saturated heterocycles. The lowest BCUT2D eigenvalue weighted by molar-refractivity contribution is 0.0329. The van der Waals surface area contributed by atoms with Gasteiger partial charge in [-0.3, -0.25) is 0 Å². The highest BCUT2D eigenvalue weighted by atomic mass is 16.3. The van der Waals surface area contributed by atoms with Gasteiger partial charge in [0.25, 0.3) is 0 Å². The Balaban J connectivity index is 3.31. The highest BCUT2D eigenvalue weighted by Gasteiger charge is 2.38. The van der Waals surface area contributed by atoms with Crippen LogP contribution < -0.4 is 0 Å².